The van der Waals surface area contributed by atoms with E-state index in [0.29, 0.717) is 16.5 Å². The SMILES string of the molecule is CS(=O)(=O)N(CC(=O)Nc1ccccc1SCc1ccc(Cl)cc1)c1ccc(F)c(Cl)c1. The number of hydrogen-bond acceptors (Lipinski definition) is 4. The lowest BCUT2D eigenvalue weighted by Crippen LogP contribution is -2.37. The van der Waals surface area contributed by atoms with Crippen LogP contribution in [0.5, 0.6) is 0 Å². The van der Waals surface area contributed by atoms with Gasteiger partial charge in [0.1, 0.15) is 12.4 Å². The molecule has 1 amide bonds. The minimum Gasteiger partial charge on any atom is -0.323 e. The number of nitrogens with zero attached hydrogens (tertiary/aromatic N) is 1. The molecule has 0 radical (unpaired) electrons. The maximum absolute atomic E-state index is 13.5. The number of thioether (sulfide) groups is 1. The van der Waals surface area contributed by atoms with Gasteiger partial charge >= 0.3 is 0 Å². The maximum Gasteiger partial charge on any atom is 0.245 e. The summed E-state index contributed by atoms with van der Waals surface area (Å²) in [4.78, 5) is 13.5. The molecule has 3 rings (SSSR count). The first kappa shape index (κ1) is 24.4. The molecule has 0 spiro atoms. The van der Waals surface area contributed by atoms with Crippen molar-refractivity contribution in [3.05, 3.63) is 88.2 Å². The van der Waals surface area contributed by atoms with Gasteiger partial charge in [-0.25, -0.2) is 12.8 Å². The summed E-state index contributed by atoms with van der Waals surface area (Å²) < 4.78 is 38.9. The smallest absolute Gasteiger partial charge is 0.245 e. The number of sulfonamides is 1. The third kappa shape index (κ3) is 6.62. The summed E-state index contributed by atoms with van der Waals surface area (Å²) in [5.41, 5.74) is 1.72. The molecular formula is C22H19Cl2FN2O3S2. The molecule has 0 saturated carbocycles. The Hall–Kier alpha value is -2.26. The fourth-order valence-electron chi connectivity index (χ4n) is 2.80. The van der Waals surface area contributed by atoms with Gasteiger partial charge in [0.2, 0.25) is 15.9 Å². The standard InChI is InChI=1S/C22H19Cl2FN2O3S2/c1-32(29,30)27(17-10-11-19(25)18(24)12-17)13-22(28)26-20-4-2-3-5-21(20)31-14-15-6-8-16(23)9-7-15/h2-12H,13-14H2,1H3,(H,26,28). The number of para-hydroxylation sites is 1. The van der Waals surface area contributed by atoms with Gasteiger partial charge in [0, 0.05) is 15.7 Å². The summed E-state index contributed by atoms with van der Waals surface area (Å²) in [6, 6.07) is 18.2. The van der Waals surface area contributed by atoms with E-state index in [2.05, 4.69) is 5.32 Å². The van der Waals surface area contributed by atoms with Crippen LogP contribution in [-0.4, -0.2) is 27.1 Å². The zero-order valence-electron chi connectivity index (χ0n) is 16.9. The van der Waals surface area contributed by atoms with Crippen molar-refractivity contribution >= 4 is 62.3 Å². The van der Waals surface area contributed by atoms with Gasteiger partial charge in [-0.15, -0.1) is 11.8 Å². The summed E-state index contributed by atoms with van der Waals surface area (Å²) in [5, 5.41) is 3.18. The number of rotatable bonds is 8. The van der Waals surface area contributed by atoms with Crippen molar-refractivity contribution < 1.29 is 17.6 Å². The Labute approximate surface area is 200 Å². The first-order chi connectivity index (χ1) is 15.1. The van der Waals surface area contributed by atoms with Crippen LogP contribution in [0.25, 0.3) is 0 Å². The zero-order chi connectivity index (χ0) is 23.3. The normalized spacial score (nSPS) is 11.2. The Bertz CT molecular complexity index is 1220. The molecule has 0 bridgehead atoms. The summed E-state index contributed by atoms with van der Waals surface area (Å²) in [6.07, 6.45) is 0.966. The average molecular weight is 513 g/mol. The van der Waals surface area contributed by atoms with Crippen LogP contribution in [0.2, 0.25) is 10.0 Å². The lowest BCUT2D eigenvalue weighted by molar-refractivity contribution is -0.114. The van der Waals surface area contributed by atoms with E-state index in [1.807, 2.05) is 36.4 Å². The van der Waals surface area contributed by atoms with E-state index >= 15 is 0 Å². The predicted molar refractivity (Wildman–Crippen MR) is 130 cm³/mol. The first-order valence-corrected chi connectivity index (χ1v) is 12.9. The van der Waals surface area contributed by atoms with Crippen LogP contribution in [0.3, 0.4) is 0 Å². The Morgan fingerprint density at radius 3 is 2.41 bits per heavy atom. The van der Waals surface area contributed by atoms with Gasteiger partial charge < -0.3 is 5.32 Å². The second kappa shape index (κ2) is 10.6. The molecule has 0 aliphatic heterocycles. The molecule has 0 aromatic heterocycles. The molecule has 0 atom stereocenters. The van der Waals surface area contributed by atoms with Crippen LogP contribution >= 0.6 is 35.0 Å². The van der Waals surface area contributed by atoms with Crippen molar-refractivity contribution in [3.63, 3.8) is 0 Å². The van der Waals surface area contributed by atoms with E-state index in [1.54, 1.807) is 12.1 Å². The molecule has 0 aliphatic rings. The molecule has 168 valence electrons. The highest BCUT2D eigenvalue weighted by atomic mass is 35.5. The summed E-state index contributed by atoms with van der Waals surface area (Å²) in [5.74, 6) is -0.566. The number of amides is 1. The van der Waals surface area contributed by atoms with E-state index in [9.17, 15) is 17.6 Å². The number of anilines is 2. The molecule has 0 unspecified atom stereocenters. The van der Waals surface area contributed by atoms with E-state index in [4.69, 9.17) is 23.2 Å². The van der Waals surface area contributed by atoms with Crippen LogP contribution in [-0.2, 0) is 20.6 Å². The zero-order valence-corrected chi connectivity index (χ0v) is 20.0. The Morgan fingerprint density at radius 1 is 1.06 bits per heavy atom. The van der Waals surface area contributed by atoms with E-state index in [1.165, 1.54) is 23.9 Å². The lowest BCUT2D eigenvalue weighted by atomic mass is 10.2. The Morgan fingerprint density at radius 2 is 1.75 bits per heavy atom. The Kier molecular flexibility index (Phi) is 8.05. The highest BCUT2D eigenvalue weighted by Crippen LogP contribution is 2.30. The molecule has 1 N–H and O–H groups in total. The number of hydrogen-bond donors (Lipinski definition) is 1. The van der Waals surface area contributed by atoms with Crippen LogP contribution in [0.15, 0.2) is 71.6 Å². The van der Waals surface area contributed by atoms with Crippen LogP contribution in [0.1, 0.15) is 5.56 Å². The van der Waals surface area contributed by atoms with Crippen LogP contribution in [0, 0.1) is 5.82 Å². The molecular weight excluding hydrogens is 494 g/mol. The first-order valence-electron chi connectivity index (χ1n) is 9.32. The van der Waals surface area contributed by atoms with Crippen molar-refractivity contribution in [2.24, 2.45) is 0 Å². The molecule has 32 heavy (non-hydrogen) atoms. The molecule has 5 nitrogen and oxygen atoms in total. The quantitative estimate of drug-likeness (QED) is 0.385. The summed E-state index contributed by atoms with van der Waals surface area (Å²) >= 11 is 13.2. The fourth-order valence-corrected chi connectivity index (χ4v) is 4.91. The highest BCUT2D eigenvalue weighted by molar-refractivity contribution is 7.98. The predicted octanol–water partition coefficient (Wildman–Crippen LogP) is 5.83. The number of nitrogens with one attached hydrogen (secondary N) is 1. The minimum absolute atomic E-state index is 0.0967. The van der Waals surface area contributed by atoms with Crippen molar-refractivity contribution in [3.8, 4) is 0 Å². The van der Waals surface area contributed by atoms with Gasteiger partial charge in [0.25, 0.3) is 0 Å². The molecule has 0 heterocycles. The highest BCUT2D eigenvalue weighted by Gasteiger charge is 2.22. The second-order valence-electron chi connectivity index (χ2n) is 6.83. The van der Waals surface area contributed by atoms with Crippen LogP contribution < -0.4 is 9.62 Å². The summed E-state index contributed by atoms with van der Waals surface area (Å²) in [7, 11) is -3.82. The number of halogens is 3. The Balaban J connectivity index is 1.74. The maximum atomic E-state index is 13.5. The molecule has 3 aromatic rings. The lowest BCUT2D eigenvalue weighted by Gasteiger charge is -2.22. The number of benzene rings is 3. The third-order valence-corrected chi connectivity index (χ3v) is 7.17. The van der Waals surface area contributed by atoms with Crippen molar-refractivity contribution in [2.45, 2.75) is 10.6 Å². The number of carbonyl (C=O) groups is 1. The van der Waals surface area contributed by atoms with Gasteiger partial charge in [-0.2, -0.15) is 0 Å². The molecule has 0 saturated heterocycles. The van der Waals surface area contributed by atoms with Gasteiger partial charge in [0.05, 0.1) is 22.7 Å². The van der Waals surface area contributed by atoms with Gasteiger partial charge in [-0.3, -0.25) is 9.10 Å². The minimum atomic E-state index is -3.82. The monoisotopic (exact) mass is 512 g/mol. The van der Waals surface area contributed by atoms with Crippen molar-refractivity contribution in [1.29, 1.82) is 0 Å². The molecule has 0 aliphatic carbocycles. The fraction of sp³-hybridized carbons (Fsp3) is 0.136. The largest absolute Gasteiger partial charge is 0.323 e. The van der Waals surface area contributed by atoms with Gasteiger partial charge in [0.15, 0.2) is 0 Å². The van der Waals surface area contributed by atoms with Gasteiger partial charge in [-0.05, 0) is 48.0 Å². The van der Waals surface area contributed by atoms with Crippen molar-refractivity contribution in [2.75, 3.05) is 22.4 Å². The average Bonchev–Trinajstić information content (AvgIpc) is 2.74. The van der Waals surface area contributed by atoms with E-state index in [-0.39, 0.29) is 10.7 Å². The molecule has 0 fully saturated rings. The topological polar surface area (TPSA) is 66.5 Å². The van der Waals surface area contributed by atoms with E-state index in [0.717, 1.165) is 27.1 Å². The number of carbonyl (C=O) groups excluding carboxylic acids is 1. The second-order valence-corrected chi connectivity index (χ2v) is 10.6. The van der Waals surface area contributed by atoms with Crippen LogP contribution in [0.4, 0.5) is 15.8 Å². The molecule has 10 heteroatoms. The van der Waals surface area contributed by atoms with E-state index < -0.39 is 28.3 Å². The third-order valence-electron chi connectivity index (χ3n) is 4.35. The van der Waals surface area contributed by atoms with Crippen molar-refractivity contribution in [1.82, 2.24) is 0 Å². The van der Waals surface area contributed by atoms with Gasteiger partial charge in [-0.1, -0.05) is 47.5 Å². The molecule has 3 aromatic carbocycles. The summed E-state index contributed by atoms with van der Waals surface area (Å²) in [6.45, 7) is -0.489.